The SMILES string of the molecule is CCn1c(C)cc(=O)n1CC. The number of aryl methyl sites for hydroxylation is 1. The summed E-state index contributed by atoms with van der Waals surface area (Å²) >= 11 is 0. The lowest BCUT2D eigenvalue weighted by Gasteiger charge is -2.08. The highest BCUT2D eigenvalue weighted by Crippen LogP contribution is 1.95. The van der Waals surface area contributed by atoms with Gasteiger partial charge in [-0.05, 0) is 20.8 Å². The van der Waals surface area contributed by atoms with Crippen LogP contribution in [0.1, 0.15) is 19.5 Å². The van der Waals surface area contributed by atoms with E-state index in [0.717, 1.165) is 18.8 Å². The summed E-state index contributed by atoms with van der Waals surface area (Å²) < 4.78 is 3.73. The molecule has 1 aromatic rings. The molecule has 0 saturated heterocycles. The minimum Gasteiger partial charge on any atom is -0.287 e. The van der Waals surface area contributed by atoms with Gasteiger partial charge >= 0.3 is 0 Å². The van der Waals surface area contributed by atoms with Crippen LogP contribution >= 0.6 is 0 Å². The summed E-state index contributed by atoms with van der Waals surface area (Å²) in [5.74, 6) is 0. The van der Waals surface area contributed by atoms with Crippen LogP contribution in [-0.4, -0.2) is 9.36 Å². The summed E-state index contributed by atoms with van der Waals surface area (Å²) in [6, 6.07) is 1.67. The predicted molar refractivity (Wildman–Crippen MR) is 44.8 cm³/mol. The molecule has 0 aliphatic heterocycles. The van der Waals surface area contributed by atoms with Gasteiger partial charge in [0.05, 0.1) is 0 Å². The Labute approximate surface area is 66.2 Å². The van der Waals surface area contributed by atoms with Gasteiger partial charge in [-0.25, -0.2) is 0 Å². The van der Waals surface area contributed by atoms with Crippen LogP contribution in [0.4, 0.5) is 0 Å². The van der Waals surface area contributed by atoms with Gasteiger partial charge in [0.1, 0.15) is 0 Å². The van der Waals surface area contributed by atoms with E-state index >= 15 is 0 Å². The van der Waals surface area contributed by atoms with Crippen LogP contribution in [0.5, 0.6) is 0 Å². The maximum Gasteiger partial charge on any atom is 0.266 e. The molecule has 0 bridgehead atoms. The molecule has 0 spiro atoms. The minimum absolute atomic E-state index is 0.104. The fourth-order valence-electron chi connectivity index (χ4n) is 1.38. The molecule has 0 aliphatic rings. The Balaban J connectivity index is 3.29. The van der Waals surface area contributed by atoms with Gasteiger partial charge in [-0.2, -0.15) is 0 Å². The van der Waals surface area contributed by atoms with Crippen LogP contribution < -0.4 is 5.56 Å². The Morgan fingerprint density at radius 1 is 1.27 bits per heavy atom. The van der Waals surface area contributed by atoms with Gasteiger partial charge in [0.15, 0.2) is 0 Å². The largest absolute Gasteiger partial charge is 0.287 e. The van der Waals surface area contributed by atoms with Crippen molar-refractivity contribution >= 4 is 0 Å². The molecule has 0 amide bonds. The molecule has 1 aromatic heterocycles. The van der Waals surface area contributed by atoms with Crippen molar-refractivity contribution in [3.8, 4) is 0 Å². The van der Waals surface area contributed by atoms with E-state index in [1.807, 2.05) is 25.5 Å². The van der Waals surface area contributed by atoms with Gasteiger partial charge in [-0.15, -0.1) is 0 Å². The average molecular weight is 154 g/mol. The molecule has 1 rings (SSSR count). The van der Waals surface area contributed by atoms with Crippen LogP contribution in [-0.2, 0) is 13.1 Å². The molecule has 0 radical (unpaired) electrons. The first kappa shape index (κ1) is 8.11. The van der Waals surface area contributed by atoms with Crippen molar-refractivity contribution in [1.29, 1.82) is 0 Å². The number of nitrogens with zero attached hydrogens (tertiary/aromatic N) is 2. The van der Waals surface area contributed by atoms with Crippen molar-refractivity contribution in [2.24, 2.45) is 0 Å². The third-order valence-corrected chi connectivity index (χ3v) is 1.88. The molecule has 1 heterocycles. The van der Waals surface area contributed by atoms with Gasteiger partial charge in [-0.3, -0.25) is 14.2 Å². The Morgan fingerprint density at radius 2 is 1.82 bits per heavy atom. The maximum absolute atomic E-state index is 11.2. The molecular formula is C8H14N2O. The minimum atomic E-state index is 0.104. The second-order valence-electron chi connectivity index (χ2n) is 2.56. The first-order valence-electron chi connectivity index (χ1n) is 3.98. The molecule has 62 valence electrons. The van der Waals surface area contributed by atoms with E-state index in [1.165, 1.54) is 0 Å². The van der Waals surface area contributed by atoms with Gasteiger partial charge in [0.25, 0.3) is 5.56 Å². The maximum atomic E-state index is 11.2. The Bertz CT molecular complexity index is 296. The van der Waals surface area contributed by atoms with Crippen molar-refractivity contribution in [2.45, 2.75) is 33.9 Å². The Morgan fingerprint density at radius 3 is 2.18 bits per heavy atom. The van der Waals surface area contributed by atoms with E-state index in [1.54, 1.807) is 10.7 Å². The van der Waals surface area contributed by atoms with Crippen molar-refractivity contribution in [2.75, 3.05) is 0 Å². The fourth-order valence-corrected chi connectivity index (χ4v) is 1.38. The smallest absolute Gasteiger partial charge is 0.266 e. The van der Waals surface area contributed by atoms with Crippen molar-refractivity contribution < 1.29 is 0 Å². The zero-order valence-corrected chi connectivity index (χ0v) is 7.29. The standard InChI is InChI=1S/C8H14N2O/c1-4-9-7(3)6-8(11)10(9)5-2/h6H,4-5H2,1-3H3. The second-order valence-corrected chi connectivity index (χ2v) is 2.56. The highest BCUT2D eigenvalue weighted by molar-refractivity contribution is 4.98. The molecule has 11 heavy (non-hydrogen) atoms. The van der Waals surface area contributed by atoms with Crippen molar-refractivity contribution in [1.82, 2.24) is 9.36 Å². The van der Waals surface area contributed by atoms with E-state index < -0.39 is 0 Å². The van der Waals surface area contributed by atoms with Crippen LogP contribution in [0.15, 0.2) is 10.9 Å². The van der Waals surface area contributed by atoms with Crippen LogP contribution in [0, 0.1) is 6.92 Å². The van der Waals surface area contributed by atoms with Gasteiger partial charge in [0.2, 0.25) is 0 Å². The monoisotopic (exact) mass is 154 g/mol. The molecule has 0 N–H and O–H groups in total. The molecule has 0 aliphatic carbocycles. The zero-order chi connectivity index (χ0) is 8.43. The third kappa shape index (κ3) is 1.23. The molecular weight excluding hydrogens is 140 g/mol. The first-order valence-corrected chi connectivity index (χ1v) is 3.98. The predicted octanol–water partition coefficient (Wildman–Crippen LogP) is 0.998. The third-order valence-electron chi connectivity index (χ3n) is 1.88. The molecule has 0 atom stereocenters. The summed E-state index contributed by atoms with van der Waals surface area (Å²) in [6.45, 7) is 7.59. The lowest BCUT2D eigenvalue weighted by molar-refractivity contribution is 0.468. The number of hydrogen-bond acceptors (Lipinski definition) is 1. The van der Waals surface area contributed by atoms with Crippen LogP contribution in [0.3, 0.4) is 0 Å². The summed E-state index contributed by atoms with van der Waals surface area (Å²) in [5, 5.41) is 0. The highest BCUT2D eigenvalue weighted by atomic mass is 16.1. The molecule has 0 aromatic carbocycles. The normalized spacial score (nSPS) is 10.5. The molecule has 3 nitrogen and oxygen atoms in total. The summed E-state index contributed by atoms with van der Waals surface area (Å²) in [4.78, 5) is 11.2. The lowest BCUT2D eigenvalue weighted by atomic mass is 10.5. The van der Waals surface area contributed by atoms with Gasteiger partial charge in [-0.1, -0.05) is 0 Å². The number of aromatic nitrogens is 2. The molecule has 0 fully saturated rings. The van der Waals surface area contributed by atoms with E-state index in [2.05, 4.69) is 0 Å². The first-order chi connectivity index (χ1) is 5.20. The van der Waals surface area contributed by atoms with Crippen LogP contribution in [0.25, 0.3) is 0 Å². The van der Waals surface area contributed by atoms with E-state index in [9.17, 15) is 4.79 Å². The lowest BCUT2D eigenvalue weighted by Crippen LogP contribution is -2.21. The zero-order valence-electron chi connectivity index (χ0n) is 7.29. The second kappa shape index (κ2) is 2.95. The average Bonchev–Trinajstić information content (AvgIpc) is 2.24. The number of rotatable bonds is 2. The highest BCUT2D eigenvalue weighted by Gasteiger charge is 2.02. The van der Waals surface area contributed by atoms with E-state index in [0.29, 0.717) is 0 Å². The topological polar surface area (TPSA) is 26.9 Å². The van der Waals surface area contributed by atoms with Crippen molar-refractivity contribution in [3.05, 3.63) is 22.1 Å². The summed E-state index contributed by atoms with van der Waals surface area (Å²) in [6.07, 6.45) is 0. The van der Waals surface area contributed by atoms with Gasteiger partial charge in [0, 0.05) is 24.8 Å². The Hall–Kier alpha value is -0.990. The van der Waals surface area contributed by atoms with E-state index in [-0.39, 0.29) is 5.56 Å². The molecule has 3 heteroatoms. The molecule has 0 saturated carbocycles. The van der Waals surface area contributed by atoms with Gasteiger partial charge < -0.3 is 0 Å². The fraction of sp³-hybridized carbons (Fsp3) is 0.625. The quantitative estimate of drug-likeness (QED) is 0.624. The summed E-state index contributed by atoms with van der Waals surface area (Å²) in [5.41, 5.74) is 1.14. The number of hydrogen-bond donors (Lipinski definition) is 0. The van der Waals surface area contributed by atoms with Crippen LogP contribution in [0.2, 0.25) is 0 Å². The van der Waals surface area contributed by atoms with Crippen molar-refractivity contribution in [3.63, 3.8) is 0 Å². The summed E-state index contributed by atoms with van der Waals surface area (Å²) in [7, 11) is 0. The Kier molecular flexibility index (Phi) is 2.17. The van der Waals surface area contributed by atoms with E-state index in [4.69, 9.17) is 0 Å². The molecule has 0 unspecified atom stereocenters.